The van der Waals surface area contributed by atoms with Gasteiger partial charge in [-0.05, 0) is 47.0 Å². The van der Waals surface area contributed by atoms with Crippen LogP contribution in [0.2, 0.25) is 0 Å². The molecule has 19 heavy (non-hydrogen) atoms. The van der Waals surface area contributed by atoms with Crippen LogP contribution in [0.5, 0.6) is 0 Å². The van der Waals surface area contributed by atoms with Gasteiger partial charge in [0.25, 0.3) is 0 Å². The third-order valence-corrected chi connectivity index (χ3v) is 4.10. The molecule has 0 saturated heterocycles. The van der Waals surface area contributed by atoms with Crippen LogP contribution in [-0.2, 0) is 6.42 Å². The molecule has 0 bridgehead atoms. The molecule has 2 aromatic heterocycles. The summed E-state index contributed by atoms with van der Waals surface area (Å²) in [4.78, 5) is 4.75. The maximum Gasteiger partial charge on any atom is 0.152 e. The number of hydrogen-bond donors (Lipinski definition) is 0. The van der Waals surface area contributed by atoms with E-state index >= 15 is 0 Å². The molecule has 0 spiro atoms. The van der Waals surface area contributed by atoms with Crippen molar-refractivity contribution < 1.29 is 0 Å². The molecule has 0 saturated carbocycles. The summed E-state index contributed by atoms with van der Waals surface area (Å²) in [5, 5.41) is 0. The fourth-order valence-electron chi connectivity index (χ4n) is 2.32. The van der Waals surface area contributed by atoms with E-state index in [1.165, 1.54) is 16.8 Å². The SMILES string of the molecule is CCc1ccc(-c2nc3c(Br)cccn3c2C)cc1. The second-order valence-electron chi connectivity index (χ2n) is 4.65. The molecule has 3 aromatic rings. The van der Waals surface area contributed by atoms with Gasteiger partial charge in [-0.3, -0.25) is 0 Å². The Labute approximate surface area is 121 Å². The lowest BCUT2D eigenvalue weighted by Crippen LogP contribution is -1.87. The van der Waals surface area contributed by atoms with Crippen molar-refractivity contribution in [2.45, 2.75) is 20.3 Å². The third-order valence-electron chi connectivity index (χ3n) is 3.48. The number of pyridine rings is 1. The van der Waals surface area contributed by atoms with Crippen molar-refractivity contribution in [2.24, 2.45) is 0 Å². The number of fused-ring (bicyclic) bond motifs is 1. The molecule has 0 unspecified atom stereocenters. The summed E-state index contributed by atoms with van der Waals surface area (Å²) in [5.74, 6) is 0. The number of benzene rings is 1. The molecule has 0 aliphatic heterocycles. The van der Waals surface area contributed by atoms with Gasteiger partial charge in [-0.2, -0.15) is 0 Å². The van der Waals surface area contributed by atoms with Gasteiger partial charge in [0, 0.05) is 17.5 Å². The molecule has 0 amide bonds. The van der Waals surface area contributed by atoms with Crippen molar-refractivity contribution in [3.05, 3.63) is 58.3 Å². The number of hydrogen-bond acceptors (Lipinski definition) is 1. The molecule has 2 heterocycles. The lowest BCUT2D eigenvalue weighted by atomic mass is 10.1. The Morgan fingerprint density at radius 1 is 1.16 bits per heavy atom. The highest BCUT2D eigenvalue weighted by Crippen LogP contribution is 2.27. The minimum atomic E-state index is 0.967. The number of aromatic nitrogens is 2. The Bertz CT molecular complexity index is 726. The van der Waals surface area contributed by atoms with Gasteiger partial charge in [0.1, 0.15) is 0 Å². The Balaban J connectivity index is 2.19. The highest BCUT2D eigenvalue weighted by Gasteiger charge is 2.11. The van der Waals surface area contributed by atoms with E-state index in [-0.39, 0.29) is 0 Å². The average molecular weight is 315 g/mol. The fraction of sp³-hybridized carbons (Fsp3) is 0.188. The van der Waals surface area contributed by atoms with Gasteiger partial charge < -0.3 is 4.40 Å². The van der Waals surface area contributed by atoms with E-state index in [1.54, 1.807) is 0 Å². The maximum absolute atomic E-state index is 4.75. The van der Waals surface area contributed by atoms with Gasteiger partial charge in [-0.1, -0.05) is 31.2 Å². The molecule has 2 nitrogen and oxygen atoms in total. The topological polar surface area (TPSA) is 17.3 Å². The normalized spacial score (nSPS) is 11.1. The molecule has 96 valence electrons. The molecule has 0 radical (unpaired) electrons. The molecule has 0 N–H and O–H groups in total. The predicted octanol–water partition coefficient (Wildman–Crippen LogP) is 4.63. The fourth-order valence-corrected chi connectivity index (χ4v) is 2.76. The van der Waals surface area contributed by atoms with Crippen LogP contribution in [0.3, 0.4) is 0 Å². The molecular weight excluding hydrogens is 300 g/mol. The first-order valence-electron chi connectivity index (χ1n) is 6.43. The summed E-state index contributed by atoms with van der Waals surface area (Å²) in [5.41, 5.74) is 5.71. The highest BCUT2D eigenvalue weighted by molar-refractivity contribution is 9.10. The van der Waals surface area contributed by atoms with Crippen molar-refractivity contribution in [1.29, 1.82) is 0 Å². The van der Waals surface area contributed by atoms with E-state index in [9.17, 15) is 0 Å². The molecule has 0 atom stereocenters. The van der Waals surface area contributed by atoms with Crippen LogP contribution >= 0.6 is 15.9 Å². The van der Waals surface area contributed by atoms with Crippen molar-refractivity contribution in [1.82, 2.24) is 9.38 Å². The number of imidazole rings is 1. The van der Waals surface area contributed by atoms with E-state index in [4.69, 9.17) is 4.98 Å². The van der Waals surface area contributed by atoms with E-state index in [0.29, 0.717) is 0 Å². The molecular formula is C16H15BrN2. The monoisotopic (exact) mass is 314 g/mol. The Morgan fingerprint density at radius 2 is 1.89 bits per heavy atom. The minimum absolute atomic E-state index is 0.967. The Hall–Kier alpha value is -1.61. The molecule has 0 fully saturated rings. The van der Waals surface area contributed by atoms with Crippen LogP contribution in [0.1, 0.15) is 18.2 Å². The second-order valence-corrected chi connectivity index (χ2v) is 5.50. The first-order valence-corrected chi connectivity index (χ1v) is 7.22. The van der Waals surface area contributed by atoms with Crippen LogP contribution < -0.4 is 0 Å². The molecule has 3 rings (SSSR count). The summed E-state index contributed by atoms with van der Waals surface area (Å²) in [6, 6.07) is 12.7. The minimum Gasteiger partial charge on any atom is -0.303 e. The number of aryl methyl sites for hydroxylation is 2. The van der Waals surface area contributed by atoms with Crippen LogP contribution in [0.15, 0.2) is 47.1 Å². The summed E-state index contributed by atoms with van der Waals surface area (Å²) in [6.45, 7) is 4.28. The van der Waals surface area contributed by atoms with Crippen molar-refractivity contribution in [2.75, 3.05) is 0 Å². The van der Waals surface area contributed by atoms with E-state index in [1.807, 2.05) is 18.3 Å². The quantitative estimate of drug-likeness (QED) is 0.674. The van der Waals surface area contributed by atoms with Crippen LogP contribution in [0.4, 0.5) is 0 Å². The Kier molecular flexibility index (Phi) is 3.15. The van der Waals surface area contributed by atoms with Crippen LogP contribution in [-0.4, -0.2) is 9.38 Å². The number of halogens is 1. The Morgan fingerprint density at radius 3 is 2.53 bits per heavy atom. The third kappa shape index (κ3) is 2.08. The molecule has 0 aliphatic carbocycles. The van der Waals surface area contributed by atoms with E-state index < -0.39 is 0 Å². The standard InChI is InChI=1S/C16H15BrN2/c1-3-12-6-8-13(9-7-12)15-11(2)19-10-4-5-14(17)16(19)18-15/h4-10H,3H2,1-2H3. The molecule has 1 aromatic carbocycles. The van der Waals surface area contributed by atoms with Crippen molar-refractivity contribution in [3.8, 4) is 11.3 Å². The second kappa shape index (κ2) is 4.82. The lowest BCUT2D eigenvalue weighted by molar-refractivity contribution is 1.10. The van der Waals surface area contributed by atoms with Crippen LogP contribution in [0.25, 0.3) is 16.9 Å². The molecule has 3 heteroatoms. The molecule has 0 aliphatic rings. The predicted molar refractivity (Wildman–Crippen MR) is 82.4 cm³/mol. The summed E-state index contributed by atoms with van der Waals surface area (Å²) in [6.07, 6.45) is 3.11. The van der Waals surface area contributed by atoms with Gasteiger partial charge in [0.15, 0.2) is 5.65 Å². The van der Waals surface area contributed by atoms with Gasteiger partial charge in [-0.15, -0.1) is 0 Å². The summed E-state index contributed by atoms with van der Waals surface area (Å²) < 4.78 is 3.14. The summed E-state index contributed by atoms with van der Waals surface area (Å²) in [7, 11) is 0. The largest absolute Gasteiger partial charge is 0.303 e. The van der Waals surface area contributed by atoms with E-state index in [2.05, 4.69) is 58.4 Å². The van der Waals surface area contributed by atoms with Crippen molar-refractivity contribution >= 4 is 21.6 Å². The van der Waals surface area contributed by atoms with Gasteiger partial charge >= 0.3 is 0 Å². The van der Waals surface area contributed by atoms with Crippen molar-refractivity contribution in [3.63, 3.8) is 0 Å². The first kappa shape index (κ1) is 12.4. The lowest BCUT2D eigenvalue weighted by Gasteiger charge is -2.01. The maximum atomic E-state index is 4.75. The highest BCUT2D eigenvalue weighted by atomic mass is 79.9. The number of nitrogens with zero attached hydrogens (tertiary/aromatic N) is 2. The average Bonchev–Trinajstić information content (AvgIpc) is 2.78. The van der Waals surface area contributed by atoms with Gasteiger partial charge in [0.2, 0.25) is 0 Å². The number of rotatable bonds is 2. The zero-order valence-corrected chi connectivity index (χ0v) is 12.6. The zero-order valence-electron chi connectivity index (χ0n) is 11.0. The first-order chi connectivity index (χ1) is 9.20. The van der Waals surface area contributed by atoms with Crippen LogP contribution in [0, 0.1) is 6.92 Å². The zero-order chi connectivity index (χ0) is 13.4. The van der Waals surface area contributed by atoms with E-state index in [0.717, 1.165) is 22.2 Å². The smallest absolute Gasteiger partial charge is 0.152 e. The van der Waals surface area contributed by atoms with Gasteiger partial charge in [0.05, 0.1) is 10.2 Å². The summed E-state index contributed by atoms with van der Waals surface area (Å²) >= 11 is 3.56. The van der Waals surface area contributed by atoms with Gasteiger partial charge in [-0.25, -0.2) is 4.98 Å².